The van der Waals surface area contributed by atoms with Gasteiger partial charge in [0.15, 0.2) is 0 Å². The van der Waals surface area contributed by atoms with E-state index in [0.717, 1.165) is 12.1 Å². The molecular formula is C18H15ClF3NO4. The van der Waals surface area contributed by atoms with Gasteiger partial charge < -0.3 is 14.8 Å². The summed E-state index contributed by atoms with van der Waals surface area (Å²) in [6, 6.07) is 5.78. The number of ether oxygens (including phenoxy) is 2. The van der Waals surface area contributed by atoms with Crippen LogP contribution >= 0.6 is 11.6 Å². The van der Waals surface area contributed by atoms with Crippen LogP contribution in [0.5, 0.6) is 5.75 Å². The topological polar surface area (TPSA) is 64.6 Å². The molecule has 0 aromatic heterocycles. The first-order valence-electron chi connectivity index (χ1n) is 7.76. The molecule has 5 nitrogen and oxygen atoms in total. The Hall–Kier alpha value is -2.74. The summed E-state index contributed by atoms with van der Waals surface area (Å²) in [7, 11) is 0. The van der Waals surface area contributed by atoms with Crippen molar-refractivity contribution in [1.82, 2.24) is 0 Å². The van der Waals surface area contributed by atoms with E-state index in [2.05, 4.69) is 10.1 Å². The minimum absolute atomic E-state index is 0.0364. The van der Waals surface area contributed by atoms with Crippen molar-refractivity contribution in [3.8, 4) is 5.75 Å². The lowest BCUT2D eigenvalue weighted by molar-refractivity contribution is -0.0498. The predicted molar refractivity (Wildman–Crippen MR) is 93.1 cm³/mol. The first kappa shape index (κ1) is 20.6. The molecule has 0 radical (unpaired) electrons. The number of halogens is 4. The van der Waals surface area contributed by atoms with Crippen LogP contribution in [0, 0.1) is 12.7 Å². The van der Waals surface area contributed by atoms with Crippen LogP contribution in [0.15, 0.2) is 30.3 Å². The second-order valence-corrected chi connectivity index (χ2v) is 5.75. The number of benzene rings is 2. The highest BCUT2D eigenvalue weighted by Gasteiger charge is 2.20. The second-order valence-electron chi connectivity index (χ2n) is 5.34. The Labute approximate surface area is 158 Å². The van der Waals surface area contributed by atoms with E-state index in [-0.39, 0.29) is 22.9 Å². The summed E-state index contributed by atoms with van der Waals surface area (Å²) >= 11 is 5.91. The third-order valence-corrected chi connectivity index (χ3v) is 3.78. The van der Waals surface area contributed by atoms with Crippen molar-refractivity contribution in [3.63, 3.8) is 0 Å². The molecule has 2 aromatic carbocycles. The molecule has 9 heteroatoms. The normalized spacial score (nSPS) is 10.6. The number of esters is 1. The molecule has 0 aliphatic carbocycles. The van der Waals surface area contributed by atoms with Crippen molar-refractivity contribution in [3.05, 3.63) is 57.9 Å². The van der Waals surface area contributed by atoms with Crippen molar-refractivity contribution in [1.29, 1.82) is 0 Å². The first-order chi connectivity index (χ1) is 12.7. The van der Waals surface area contributed by atoms with Crippen LogP contribution < -0.4 is 10.1 Å². The molecule has 0 saturated carbocycles. The Balaban J connectivity index is 2.28. The van der Waals surface area contributed by atoms with Gasteiger partial charge in [-0.2, -0.15) is 8.78 Å². The van der Waals surface area contributed by atoms with Crippen LogP contribution in [-0.2, 0) is 4.74 Å². The average Bonchev–Trinajstić information content (AvgIpc) is 2.56. The molecule has 0 aliphatic rings. The Kier molecular flexibility index (Phi) is 6.68. The lowest BCUT2D eigenvalue weighted by Gasteiger charge is -2.12. The molecule has 0 fully saturated rings. The standard InChI is InChI=1S/C18H15ClF3NO4/c1-3-26-17(25)12-7-11(13(19)8-14(12)20)16(24)23-15-5-4-10(6-9(15)2)27-18(21)22/h4-8,18H,3H2,1-2H3,(H,23,24). The summed E-state index contributed by atoms with van der Waals surface area (Å²) in [5, 5.41) is 2.32. The number of rotatable bonds is 6. The molecule has 0 bridgehead atoms. The highest BCUT2D eigenvalue weighted by atomic mass is 35.5. The fraction of sp³-hybridized carbons (Fsp3) is 0.222. The first-order valence-corrected chi connectivity index (χ1v) is 8.13. The maximum atomic E-state index is 13.9. The summed E-state index contributed by atoms with van der Waals surface area (Å²) in [5.41, 5.74) is 0.183. The van der Waals surface area contributed by atoms with Gasteiger partial charge in [0, 0.05) is 5.69 Å². The number of hydrogen-bond donors (Lipinski definition) is 1. The molecule has 0 saturated heterocycles. The van der Waals surface area contributed by atoms with Gasteiger partial charge in [-0.1, -0.05) is 11.6 Å². The average molecular weight is 402 g/mol. The van der Waals surface area contributed by atoms with Gasteiger partial charge in [-0.05, 0) is 49.7 Å². The number of aryl methyl sites for hydroxylation is 1. The summed E-state index contributed by atoms with van der Waals surface area (Å²) in [5.74, 6) is -2.62. The second kappa shape index (κ2) is 8.77. The third-order valence-electron chi connectivity index (χ3n) is 3.47. The Bertz CT molecular complexity index is 874. The minimum Gasteiger partial charge on any atom is -0.462 e. The molecule has 0 aliphatic heterocycles. The number of alkyl halides is 2. The van der Waals surface area contributed by atoms with Crippen molar-refractivity contribution in [2.45, 2.75) is 20.5 Å². The van der Waals surface area contributed by atoms with Crippen LogP contribution in [-0.4, -0.2) is 25.1 Å². The maximum Gasteiger partial charge on any atom is 0.387 e. The minimum atomic E-state index is -2.97. The van der Waals surface area contributed by atoms with Crippen LogP contribution in [0.25, 0.3) is 0 Å². The smallest absolute Gasteiger partial charge is 0.387 e. The van der Waals surface area contributed by atoms with Gasteiger partial charge in [0.25, 0.3) is 5.91 Å². The van der Waals surface area contributed by atoms with E-state index in [0.29, 0.717) is 11.3 Å². The van der Waals surface area contributed by atoms with E-state index in [4.69, 9.17) is 16.3 Å². The van der Waals surface area contributed by atoms with Crippen LogP contribution in [0.4, 0.5) is 18.9 Å². The number of amides is 1. The fourth-order valence-corrected chi connectivity index (χ4v) is 2.47. The zero-order chi connectivity index (χ0) is 20.1. The highest BCUT2D eigenvalue weighted by molar-refractivity contribution is 6.34. The van der Waals surface area contributed by atoms with Crippen molar-refractivity contribution in [2.75, 3.05) is 11.9 Å². The van der Waals surface area contributed by atoms with E-state index in [1.165, 1.54) is 18.2 Å². The van der Waals surface area contributed by atoms with Gasteiger partial charge in [0.2, 0.25) is 0 Å². The number of carbonyl (C=O) groups is 2. The molecule has 27 heavy (non-hydrogen) atoms. The van der Waals surface area contributed by atoms with Crippen LogP contribution in [0.3, 0.4) is 0 Å². The molecule has 0 unspecified atom stereocenters. The molecule has 0 atom stereocenters. The Morgan fingerprint density at radius 3 is 2.48 bits per heavy atom. The van der Waals surface area contributed by atoms with Gasteiger partial charge in [0.05, 0.1) is 22.8 Å². The lowest BCUT2D eigenvalue weighted by Crippen LogP contribution is -2.16. The number of carbonyl (C=O) groups excluding carboxylic acids is 2. The largest absolute Gasteiger partial charge is 0.462 e. The van der Waals surface area contributed by atoms with Crippen molar-refractivity contribution >= 4 is 29.2 Å². The van der Waals surface area contributed by atoms with E-state index in [1.54, 1.807) is 13.8 Å². The van der Waals surface area contributed by atoms with E-state index < -0.39 is 29.9 Å². The molecular weight excluding hydrogens is 387 g/mol. The summed E-state index contributed by atoms with van der Waals surface area (Å²) in [6.07, 6.45) is 0. The molecule has 2 aromatic rings. The zero-order valence-corrected chi connectivity index (χ0v) is 15.1. The van der Waals surface area contributed by atoms with Gasteiger partial charge in [-0.15, -0.1) is 0 Å². The Morgan fingerprint density at radius 2 is 1.89 bits per heavy atom. The van der Waals surface area contributed by atoms with Gasteiger partial charge >= 0.3 is 12.6 Å². The van der Waals surface area contributed by atoms with Crippen LogP contribution in [0.1, 0.15) is 33.2 Å². The van der Waals surface area contributed by atoms with Gasteiger partial charge in [-0.3, -0.25) is 4.79 Å². The van der Waals surface area contributed by atoms with E-state index in [1.807, 2.05) is 0 Å². The van der Waals surface area contributed by atoms with Crippen molar-refractivity contribution in [2.24, 2.45) is 0 Å². The predicted octanol–water partition coefficient (Wildman–Crippen LogP) is 4.82. The highest BCUT2D eigenvalue weighted by Crippen LogP contribution is 2.26. The summed E-state index contributed by atoms with van der Waals surface area (Å²) in [4.78, 5) is 24.2. The Morgan fingerprint density at radius 1 is 1.19 bits per heavy atom. The van der Waals surface area contributed by atoms with Gasteiger partial charge in [-0.25, -0.2) is 9.18 Å². The molecule has 1 N–H and O–H groups in total. The molecule has 0 heterocycles. The lowest BCUT2D eigenvalue weighted by atomic mass is 10.1. The third kappa shape index (κ3) is 5.13. The fourth-order valence-electron chi connectivity index (χ4n) is 2.23. The zero-order valence-electron chi connectivity index (χ0n) is 14.3. The van der Waals surface area contributed by atoms with Gasteiger partial charge in [0.1, 0.15) is 11.6 Å². The number of hydrogen-bond acceptors (Lipinski definition) is 4. The molecule has 1 amide bonds. The van der Waals surface area contributed by atoms with E-state index in [9.17, 15) is 22.8 Å². The summed E-state index contributed by atoms with van der Waals surface area (Å²) in [6.45, 7) is 0.201. The maximum absolute atomic E-state index is 13.9. The monoisotopic (exact) mass is 401 g/mol. The number of anilines is 1. The summed E-state index contributed by atoms with van der Waals surface area (Å²) < 4.78 is 47.4. The number of nitrogens with one attached hydrogen (secondary N) is 1. The SMILES string of the molecule is CCOC(=O)c1cc(C(=O)Nc2ccc(OC(F)F)cc2C)c(Cl)cc1F. The molecule has 2 rings (SSSR count). The van der Waals surface area contributed by atoms with E-state index >= 15 is 0 Å². The quantitative estimate of drug-likeness (QED) is 0.705. The van der Waals surface area contributed by atoms with Crippen LogP contribution in [0.2, 0.25) is 5.02 Å². The molecule has 0 spiro atoms. The molecule has 144 valence electrons. The van der Waals surface area contributed by atoms with Crippen molar-refractivity contribution < 1.29 is 32.2 Å².